The van der Waals surface area contributed by atoms with Crippen LogP contribution in [0.1, 0.15) is 36.8 Å². The van der Waals surface area contributed by atoms with E-state index in [-0.39, 0.29) is 11.2 Å². The van der Waals surface area contributed by atoms with Gasteiger partial charge in [-0.3, -0.25) is 0 Å². The van der Waals surface area contributed by atoms with Gasteiger partial charge in [-0.1, -0.05) is 12.8 Å². The predicted octanol–water partition coefficient (Wildman–Crippen LogP) is 2.91. The lowest BCUT2D eigenvalue weighted by Gasteiger charge is -2.28. The topological polar surface area (TPSA) is 35.2 Å². The zero-order valence-corrected chi connectivity index (χ0v) is 10.6. The maximum absolute atomic E-state index is 13.9. The number of methoxy groups -OCH3 is 1. The second-order valence-corrected chi connectivity index (χ2v) is 4.98. The molecule has 1 aliphatic rings. The molecular weight excluding hydrogens is 217 g/mol. The SMILES string of the molecule is COc1cc(C2(CN)CCCC2)cc(F)c1C. The fourth-order valence-corrected chi connectivity index (χ4v) is 2.83. The zero-order valence-electron chi connectivity index (χ0n) is 10.6. The molecule has 2 rings (SSSR count). The molecule has 1 aromatic carbocycles. The molecule has 2 N–H and O–H groups in total. The summed E-state index contributed by atoms with van der Waals surface area (Å²) in [7, 11) is 1.58. The van der Waals surface area contributed by atoms with Crippen LogP contribution in [0.4, 0.5) is 4.39 Å². The lowest BCUT2D eigenvalue weighted by molar-refractivity contribution is 0.398. The molecule has 2 nitrogen and oxygen atoms in total. The number of hydrogen-bond acceptors (Lipinski definition) is 2. The van der Waals surface area contributed by atoms with Crippen LogP contribution in [0.2, 0.25) is 0 Å². The van der Waals surface area contributed by atoms with E-state index in [1.165, 1.54) is 12.8 Å². The molecule has 1 saturated carbocycles. The van der Waals surface area contributed by atoms with Crippen molar-refractivity contribution in [2.24, 2.45) is 5.73 Å². The number of nitrogens with two attached hydrogens (primary N) is 1. The Hall–Kier alpha value is -1.09. The van der Waals surface area contributed by atoms with Crippen LogP contribution in [0.15, 0.2) is 12.1 Å². The van der Waals surface area contributed by atoms with Crippen molar-refractivity contribution in [3.05, 3.63) is 29.1 Å². The second kappa shape index (κ2) is 4.65. The average molecular weight is 237 g/mol. The van der Waals surface area contributed by atoms with Crippen LogP contribution in [0, 0.1) is 12.7 Å². The van der Waals surface area contributed by atoms with E-state index in [1.807, 2.05) is 6.07 Å². The van der Waals surface area contributed by atoms with Crippen molar-refractivity contribution in [3.8, 4) is 5.75 Å². The molecule has 1 fully saturated rings. The Balaban J connectivity index is 2.48. The van der Waals surface area contributed by atoms with Gasteiger partial charge in [0.05, 0.1) is 7.11 Å². The molecule has 0 aromatic heterocycles. The highest BCUT2D eigenvalue weighted by Crippen LogP contribution is 2.42. The Morgan fingerprint density at radius 2 is 2.00 bits per heavy atom. The summed E-state index contributed by atoms with van der Waals surface area (Å²) in [4.78, 5) is 0. The Bertz CT molecular complexity index is 411. The highest BCUT2D eigenvalue weighted by Gasteiger charge is 2.35. The highest BCUT2D eigenvalue weighted by molar-refractivity contribution is 5.41. The van der Waals surface area contributed by atoms with Gasteiger partial charge in [0.1, 0.15) is 11.6 Å². The second-order valence-electron chi connectivity index (χ2n) is 4.98. The van der Waals surface area contributed by atoms with Crippen LogP contribution in [-0.2, 0) is 5.41 Å². The van der Waals surface area contributed by atoms with Gasteiger partial charge in [-0.2, -0.15) is 0 Å². The lowest BCUT2D eigenvalue weighted by Crippen LogP contribution is -2.32. The zero-order chi connectivity index (χ0) is 12.5. The Morgan fingerprint density at radius 1 is 1.35 bits per heavy atom. The molecule has 17 heavy (non-hydrogen) atoms. The summed E-state index contributed by atoms with van der Waals surface area (Å²) in [5, 5.41) is 0. The molecule has 0 spiro atoms. The molecule has 94 valence electrons. The first-order chi connectivity index (χ1) is 8.13. The number of ether oxygens (including phenoxy) is 1. The van der Waals surface area contributed by atoms with Gasteiger partial charge >= 0.3 is 0 Å². The summed E-state index contributed by atoms with van der Waals surface area (Å²) in [5.41, 5.74) is 7.45. The fourth-order valence-electron chi connectivity index (χ4n) is 2.83. The van der Waals surface area contributed by atoms with Crippen LogP contribution in [-0.4, -0.2) is 13.7 Å². The fraction of sp³-hybridized carbons (Fsp3) is 0.571. The Labute approximate surface area is 102 Å². The van der Waals surface area contributed by atoms with Crippen molar-refractivity contribution < 1.29 is 9.13 Å². The normalized spacial score (nSPS) is 18.4. The van der Waals surface area contributed by atoms with Gasteiger partial charge in [-0.05, 0) is 37.5 Å². The third-order valence-corrected chi connectivity index (χ3v) is 4.08. The molecule has 1 aromatic rings. The van der Waals surface area contributed by atoms with Crippen molar-refractivity contribution in [3.63, 3.8) is 0 Å². The summed E-state index contributed by atoms with van der Waals surface area (Å²) in [5.74, 6) is 0.429. The van der Waals surface area contributed by atoms with Crippen LogP contribution in [0.25, 0.3) is 0 Å². The van der Waals surface area contributed by atoms with Gasteiger partial charge in [-0.15, -0.1) is 0 Å². The van der Waals surface area contributed by atoms with E-state index in [2.05, 4.69) is 0 Å². The summed E-state index contributed by atoms with van der Waals surface area (Å²) in [6.45, 7) is 2.32. The maximum atomic E-state index is 13.9. The molecule has 0 bridgehead atoms. The van der Waals surface area contributed by atoms with Crippen molar-refractivity contribution >= 4 is 0 Å². The minimum atomic E-state index is -0.195. The van der Waals surface area contributed by atoms with E-state index >= 15 is 0 Å². The van der Waals surface area contributed by atoms with Crippen molar-refractivity contribution in [2.75, 3.05) is 13.7 Å². The molecule has 1 aliphatic carbocycles. The van der Waals surface area contributed by atoms with E-state index in [0.717, 1.165) is 18.4 Å². The van der Waals surface area contributed by atoms with E-state index in [1.54, 1.807) is 20.1 Å². The van der Waals surface area contributed by atoms with E-state index in [0.29, 0.717) is 17.9 Å². The van der Waals surface area contributed by atoms with E-state index in [4.69, 9.17) is 10.5 Å². The smallest absolute Gasteiger partial charge is 0.130 e. The number of hydrogen-bond donors (Lipinski definition) is 1. The Kier molecular flexibility index (Phi) is 3.38. The molecule has 0 heterocycles. The standard InChI is InChI=1S/C14H20FNO/c1-10-12(15)7-11(8-13(10)17-2)14(9-16)5-3-4-6-14/h7-8H,3-6,9,16H2,1-2H3. The van der Waals surface area contributed by atoms with Crippen molar-refractivity contribution in [2.45, 2.75) is 38.0 Å². The molecule has 0 atom stereocenters. The van der Waals surface area contributed by atoms with E-state index < -0.39 is 0 Å². The van der Waals surface area contributed by atoms with Crippen LogP contribution >= 0.6 is 0 Å². The molecule has 3 heteroatoms. The van der Waals surface area contributed by atoms with Gasteiger partial charge in [0.15, 0.2) is 0 Å². The summed E-state index contributed by atoms with van der Waals surface area (Å²) in [6.07, 6.45) is 4.45. The highest BCUT2D eigenvalue weighted by atomic mass is 19.1. The maximum Gasteiger partial charge on any atom is 0.130 e. The van der Waals surface area contributed by atoms with Gasteiger partial charge in [0, 0.05) is 17.5 Å². The molecule has 0 unspecified atom stereocenters. The molecule has 0 amide bonds. The first-order valence-corrected chi connectivity index (χ1v) is 6.17. The minimum absolute atomic E-state index is 0.0399. The van der Waals surface area contributed by atoms with Gasteiger partial charge < -0.3 is 10.5 Å². The third-order valence-electron chi connectivity index (χ3n) is 4.08. The van der Waals surface area contributed by atoms with Crippen LogP contribution in [0.3, 0.4) is 0 Å². The van der Waals surface area contributed by atoms with Crippen molar-refractivity contribution in [1.82, 2.24) is 0 Å². The largest absolute Gasteiger partial charge is 0.496 e. The van der Waals surface area contributed by atoms with E-state index in [9.17, 15) is 4.39 Å². The van der Waals surface area contributed by atoms with Gasteiger partial charge in [0.25, 0.3) is 0 Å². The molecule has 0 saturated heterocycles. The molecule has 0 radical (unpaired) electrons. The lowest BCUT2D eigenvalue weighted by atomic mass is 9.78. The van der Waals surface area contributed by atoms with Gasteiger partial charge in [0.2, 0.25) is 0 Å². The Morgan fingerprint density at radius 3 is 2.53 bits per heavy atom. The monoisotopic (exact) mass is 237 g/mol. The number of rotatable bonds is 3. The van der Waals surface area contributed by atoms with Crippen LogP contribution < -0.4 is 10.5 Å². The summed E-state index contributed by atoms with van der Waals surface area (Å²) < 4.78 is 19.1. The quantitative estimate of drug-likeness (QED) is 0.877. The summed E-state index contributed by atoms with van der Waals surface area (Å²) >= 11 is 0. The number of benzene rings is 1. The summed E-state index contributed by atoms with van der Waals surface area (Å²) in [6, 6.07) is 3.59. The van der Waals surface area contributed by atoms with Crippen molar-refractivity contribution in [1.29, 1.82) is 0 Å². The predicted molar refractivity (Wildman–Crippen MR) is 66.9 cm³/mol. The van der Waals surface area contributed by atoms with Crippen LogP contribution in [0.5, 0.6) is 5.75 Å². The number of halogens is 1. The minimum Gasteiger partial charge on any atom is -0.496 e. The third kappa shape index (κ3) is 2.04. The van der Waals surface area contributed by atoms with Gasteiger partial charge in [-0.25, -0.2) is 4.39 Å². The first kappa shape index (κ1) is 12.4. The average Bonchev–Trinajstić information content (AvgIpc) is 2.82. The first-order valence-electron chi connectivity index (χ1n) is 6.17. The molecule has 0 aliphatic heterocycles. The molecular formula is C14H20FNO.